The fourth-order valence-electron chi connectivity index (χ4n) is 1.47. The average Bonchev–Trinajstić information content (AvgIpc) is 2.28. The number of carbonyl (C=O) groups is 1. The lowest BCUT2D eigenvalue weighted by atomic mass is 10.0. The molecule has 0 unspecified atom stereocenters. The number of esters is 1. The Balaban J connectivity index is 2.80. The van der Waals surface area contributed by atoms with Crippen molar-refractivity contribution >= 4 is 5.97 Å². The zero-order valence-electron chi connectivity index (χ0n) is 9.85. The maximum absolute atomic E-state index is 10.8. The fraction of sp³-hybridized carbons (Fsp3) is 0.308. The highest BCUT2D eigenvalue weighted by atomic mass is 16.5. The van der Waals surface area contributed by atoms with Crippen molar-refractivity contribution in [2.75, 3.05) is 0 Å². The zero-order chi connectivity index (χ0) is 12.8. The first-order chi connectivity index (χ1) is 8.04. The number of carbonyl (C=O) groups excluding carboxylic acids is 1. The van der Waals surface area contributed by atoms with Gasteiger partial charge >= 0.3 is 5.97 Å². The molecule has 17 heavy (non-hydrogen) atoms. The molecule has 0 spiro atoms. The van der Waals surface area contributed by atoms with Crippen LogP contribution in [-0.4, -0.2) is 11.1 Å². The Labute approximate surface area is 101 Å². The third-order valence-electron chi connectivity index (χ3n) is 2.35. The van der Waals surface area contributed by atoms with Gasteiger partial charge in [0.2, 0.25) is 0 Å². The van der Waals surface area contributed by atoms with Crippen molar-refractivity contribution in [3.05, 3.63) is 36.4 Å². The van der Waals surface area contributed by atoms with Crippen LogP contribution in [0.25, 0.3) is 0 Å². The van der Waals surface area contributed by atoms with E-state index in [9.17, 15) is 9.90 Å². The molecule has 0 fully saturated rings. The van der Waals surface area contributed by atoms with Crippen LogP contribution in [0.1, 0.15) is 31.4 Å². The van der Waals surface area contributed by atoms with E-state index < -0.39 is 5.97 Å². The van der Waals surface area contributed by atoms with Crippen LogP contribution in [0.4, 0.5) is 0 Å². The van der Waals surface area contributed by atoms with E-state index in [4.69, 9.17) is 10.5 Å². The molecule has 0 aliphatic heterocycles. The highest BCUT2D eigenvalue weighted by molar-refractivity contribution is 5.70. The van der Waals surface area contributed by atoms with Crippen LogP contribution >= 0.6 is 0 Å². The molecule has 1 aromatic rings. The van der Waals surface area contributed by atoms with Crippen LogP contribution in [0.3, 0.4) is 0 Å². The van der Waals surface area contributed by atoms with Gasteiger partial charge in [0.05, 0.1) is 0 Å². The van der Waals surface area contributed by atoms with Crippen molar-refractivity contribution in [3.8, 4) is 11.5 Å². The van der Waals surface area contributed by atoms with Gasteiger partial charge in [0, 0.05) is 13.0 Å². The Bertz CT molecular complexity index is 415. The smallest absolute Gasteiger partial charge is 0.308 e. The summed E-state index contributed by atoms with van der Waals surface area (Å²) >= 11 is 0. The number of allylic oxidation sites excluding steroid dienone is 1. The highest BCUT2D eigenvalue weighted by Gasteiger charge is 2.10. The van der Waals surface area contributed by atoms with E-state index in [1.54, 1.807) is 18.2 Å². The molecule has 1 aromatic carbocycles. The Morgan fingerprint density at radius 1 is 1.65 bits per heavy atom. The molecular formula is C13H17NO3. The maximum atomic E-state index is 10.8. The summed E-state index contributed by atoms with van der Waals surface area (Å²) in [6.07, 6.45) is 3.37. The summed E-state index contributed by atoms with van der Waals surface area (Å²) in [5.41, 5.74) is 6.74. The van der Waals surface area contributed by atoms with Crippen molar-refractivity contribution in [2.45, 2.75) is 25.8 Å². The molecule has 0 aliphatic carbocycles. The SMILES string of the molecule is C=CCC[C@H](N)c1ccc(OC(C)=O)c(O)c1. The Hall–Kier alpha value is -1.81. The van der Waals surface area contributed by atoms with Crippen LogP contribution in [-0.2, 0) is 4.79 Å². The molecule has 0 aliphatic rings. The second kappa shape index (κ2) is 6.06. The first-order valence-electron chi connectivity index (χ1n) is 5.42. The van der Waals surface area contributed by atoms with E-state index in [1.165, 1.54) is 13.0 Å². The minimum atomic E-state index is -0.469. The number of ether oxygens (including phenoxy) is 1. The third-order valence-corrected chi connectivity index (χ3v) is 2.35. The summed E-state index contributed by atoms with van der Waals surface area (Å²) in [5.74, 6) is -0.395. The molecule has 0 heterocycles. The second-order valence-electron chi connectivity index (χ2n) is 3.79. The first-order valence-corrected chi connectivity index (χ1v) is 5.42. The molecule has 4 heteroatoms. The van der Waals surface area contributed by atoms with Gasteiger partial charge in [-0.2, -0.15) is 0 Å². The van der Waals surface area contributed by atoms with Gasteiger partial charge in [-0.05, 0) is 30.5 Å². The molecule has 0 amide bonds. The van der Waals surface area contributed by atoms with Crippen LogP contribution in [0.5, 0.6) is 11.5 Å². The lowest BCUT2D eigenvalue weighted by Gasteiger charge is -2.12. The second-order valence-corrected chi connectivity index (χ2v) is 3.79. The van der Waals surface area contributed by atoms with Gasteiger partial charge in [0.25, 0.3) is 0 Å². The molecule has 1 atom stereocenters. The van der Waals surface area contributed by atoms with E-state index >= 15 is 0 Å². The van der Waals surface area contributed by atoms with Gasteiger partial charge in [0.1, 0.15) is 0 Å². The monoisotopic (exact) mass is 235 g/mol. The number of benzene rings is 1. The topological polar surface area (TPSA) is 72.5 Å². The van der Waals surface area contributed by atoms with Crippen molar-refractivity contribution < 1.29 is 14.6 Å². The number of hydrogen-bond donors (Lipinski definition) is 2. The fourth-order valence-corrected chi connectivity index (χ4v) is 1.47. The average molecular weight is 235 g/mol. The quantitative estimate of drug-likeness (QED) is 0.466. The summed E-state index contributed by atoms with van der Waals surface area (Å²) in [4.78, 5) is 10.8. The number of nitrogens with two attached hydrogens (primary N) is 1. The predicted molar refractivity (Wildman–Crippen MR) is 65.8 cm³/mol. The number of hydrogen-bond acceptors (Lipinski definition) is 4. The minimum absolute atomic E-state index is 0.0771. The highest BCUT2D eigenvalue weighted by Crippen LogP contribution is 2.29. The summed E-state index contributed by atoms with van der Waals surface area (Å²) in [7, 11) is 0. The number of rotatable bonds is 5. The van der Waals surface area contributed by atoms with Gasteiger partial charge in [0.15, 0.2) is 11.5 Å². The van der Waals surface area contributed by atoms with Gasteiger partial charge in [-0.25, -0.2) is 0 Å². The first kappa shape index (κ1) is 13.3. The molecule has 1 rings (SSSR count). The number of phenols is 1. The minimum Gasteiger partial charge on any atom is -0.504 e. The maximum Gasteiger partial charge on any atom is 0.308 e. The molecule has 0 saturated heterocycles. The van der Waals surface area contributed by atoms with Crippen LogP contribution in [0, 0.1) is 0 Å². The van der Waals surface area contributed by atoms with Crippen molar-refractivity contribution in [3.63, 3.8) is 0 Å². The predicted octanol–water partition coefficient (Wildman–Crippen LogP) is 2.28. The number of phenolic OH excluding ortho intramolecular Hbond substituents is 1. The molecule has 0 aromatic heterocycles. The molecule has 0 radical (unpaired) electrons. The molecule has 3 N–H and O–H groups in total. The summed E-state index contributed by atoms with van der Waals surface area (Å²) in [6.45, 7) is 4.91. The standard InChI is InChI=1S/C13H17NO3/c1-3-4-5-11(14)10-6-7-13(12(16)8-10)17-9(2)15/h3,6-8,11,16H,1,4-5,14H2,2H3/t11-/m0/s1. The normalized spacial score (nSPS) is 11.9. The lowest BCUT2D eigenvalue weighted by Crippen LogP contribution is -2.10. The van der Waals surface area contributed by atoms with Crippen molar-refractivity contribution in [1.82, 2.24) is 0 Å². The summed E-state index contributed by atoms with van der Waals surface area (Å²) < 4.78 is 4.81. The van der Waals surface area contributed by atoms with Crippen LogP contribution in [0.2, 0.25) is 0 Å². The van der Waals surface area contributed by atoms with Crippen molar-refractivity contribution in [2.24, 2.45) is 5.73 Å². The number of aromatic hydroxyl groups is 1. The Kier molecular flexibility index (Phi) is 4.72. The van der Waals surface area contributed by atoms with Gasteiger partial charge in [-0.1, -0.05) is 12.1 Å². The summed E-state index contributed by atoms with van der Waals surface area (Å²) in [5, 5.41) is 9.66. The zero-order valence-corrected chi connectivity index (χ0v) is 9.85. The largest absolute Gasteiger partial charge is 0.504 e. The Morgan fingerprint density at radius 2 is 2.35 bits per heavy atom. The van der Waals surface area contributed by atoms with Gasteiger partial charge in [-0.3, -0.25) is 4.79 Å². The molecule has 4 nitrogen and oxygen atoms in total. The Morgan fingerprint density at radius 3 is 2.88 bits per heavy atom. The van der Waals surface area contributed by atoms with Gasteiger partial charge < -0.3 is 15.6 Å². The lowest BCUT2D eigenvalue weighted by molar-refractivity contribution is -0.132. The van der Waals surface area contributed by atoms with E-state index in [0.29, 0.717) is 0 Å². The molecule has 92 valence electrons. The van der Waals surface area contributed by atoms with Crippen molar-refractivity contribution in [1.29, 1.82) is 0 Å². The van der Waals surface area contributed by atoms with E-state index in [2.05, 4.69) is 6.58 Å². The van der Waals surface area contributed by atoms with E-state index in [1.807, 2.05) is 0 Å². The summed E-state index contributed by atoms with van der Waals surface area (Å²) in [6, 6.07) is 4.64. The third kappa shape index (κ3) is 3.92. The van der Waals surface area contributed by atoms with E-state index in [-0.39, 0.29) is 17.5 Å². The van der Waals surface area contributed by atoms with E-state index in [0.717, 1.165) is 18.4 Å². The molecular weight excluding hydrogens is 218 g/mol. The molecule has 0 saturated carbocycles. The van der Waals surface area contributed by atoms with Crippen LogP contribution in [0.15, 0.2) is 30.9 Å². The molecule has 0 bridgehead atoms. The van der Waals surface area contributed by atoms with Crippen LogP contribution < -0.4 is 10.5 Å². The van der Waals surface area contributed by atoms with Gasteiger partial charge in [-0.15, -0.1) is 6.58 Å².